The zero-order valence-corrected chi connectivity index (χ0v) is 29.4. The first kappa shape index (κ1) is 37.9. The van der Waals surface area contributed by atoms with Gasteiger partial charge in [-0.1, -0.05) is 66.7 Å². The van der Waals surface area contributed by atoms with Gasteiger partial charge in [-0.15, -0.1) is 0 Å². The molecule has 2 aromatic heterocycles. The molecule has 0 aliphatic carbocycles. The van der Waals surface area contributed by atoms with E-state index in [9.17, 15) is 26.3 Å². The average molecular weight is 770 g/mol. The van der Waals surface area contributed by atoms with Crippen molar-refractivity contribution in [2.24, 2.45) is 0 Å². The lowest BCUT2D eigenvalue weighted by molar-refractivity contribution is -0.138. The van der Waals surface area contributed by atoms with Crippen molar-refractivity contribution in [3.05, 3.63) is 167 Å². The Morgan fingerprint density at radius 2 is 0.926 bits per heavy atom. The monoisotopic (exact) mass is 769 g/mol. The largest absolute Gasteiger partial charge is 0.416 e. The van der Waals surface area contributed by atoms with Crippen molar-refractivity contribution >= 4 is 43.7 Å². The molecule has 0 fully saturated rings. The van der Waals surface area contributed by atoms with Crippen LogP contribution in [0.15, 0.2) is 133 Å². The Morgan fingerprint density at radius 3 is 1.46 bits per heavy atom. The number of aromatic nitrogens is 2. The van der Waals surface area contributed by atoms with Crippen LogP contribution in [0, 0.1) is 16.2 Å². The number of pyridine rings is 2. The Bertz CT molecular complexity index is 2270. The van der Waals surface area contributed by atoms with Crippen LogP contribution in [-0.2, 0) is 12.4 Å². The van der Waals surface area contributed by atoms with E-state index < -0.39 is 23.5 Å². The van der Waals surface area contributed by atoms with Gasteiger partial charge in [0.15, 0.2) is 0 Å². The molecule has 0 amide bonds. The first-order valence-electron chi connectivity index (χ1n) is 15.9. The summed E-state index contributed by atoms with van der Waals surface area (Å²) in [5.74, 6) is 0. The van der Waals surface area contributed by atoms with Crippen LogP contribution in [0.1, 0.15) is 33.6 Å². The minimum Gasteiger partial charge on any atom is -0.293 e. The minimum absolute atomic E-state index is 0.00105. The molecule has 0 aliphatic heterocycles. The van der Waals surface area contributed by atoms with E-state index in [1.807, 2.05) is 30.3 Å². The SMILES string of the molecule is N=C(SC(=N)c1cccc(-c2cccc(C(F)(F)F)c2)n1)c1cc(C(=N)SC(=[NH2+])c2cccc(-c3cccc(C(F)(F)F)c3)n2)cc(-c2ccccc2)c1. The molecule has 0 atom stereocenters. The number of halogens is 6. The normalized spacial score (nSPS) is 11.6. The van der Waals surface area contributed by atoms with Crippen LogP contribution in [0.2, 0.25) is 0 Å². The topological polar surface area (TPSA) is 123 Å². The molecular weight excluding hydrogens is 743 g/mol. The van der Waals surface area contributed by atoms with E-state index >= 15 is 0 Å². The third-order valence-electron chi connectivity index (χ3n) is 7.94. The summed E-state index contributed by atoms with van der Waals surface area (Å²) in [6, 6.07) is 33.3. The van der Waals surface area contributed by atoms with Crippen LogP contribution in [-0.4, -0.2) is 30.1 Å². The molecule has 270 valence electrons. The van der Waals surface area contributed by atoms with Gasteiger partial charge >= 0.3 is 12.4 Å². The summed E-state index contributed by atoms with van der Waals surface area (Å²) in [5.41, 5.74) is 2.02. The molecule has 4 aromatic carbocycles. The van der Waals surface area contributed by atoms with E-state index in [2.05, 4.69) is 9.97 Å². The van der Waals surface area contributed by atoms with Gasteiger partial charge in [0.05, 0.1) is 28.2 Å². The lowest BCUT2D eigenvalue weighted by atomic mass is 10.0. The van der Waals surface area contributed by atoms with Crippen molar-refractivity contribution in [3.63, 3.8) is 0 Å². The van der Waals surface area contributed by atoms with Gasteiger partial charge in [-0.25, -0.2) is 15.4 Å². The van der Waals surface area contributed by atoms with E-state index in [0.717, 1.165) is 53.4 Å². The van der Waals surface area contributed by atoms with E-state index in [-0.39, 0.29) is 54.1 Å². The number of hydrogen-bond donors (Lipinski definition) is 4. The van der Waals surface area contributed by atoms with Crippen molar-refractivity contribution in [3.8, 4) is 33.6 Å². The van der Waals surface area contributed by atoms with Crippen molar-refractivity contribution in [1.29, 1.82) is 16.2 Å². The lowest BCUT2D eigenvalue weighted by Crippen LogP contribution is -2.39. The number of thioether (sulfide) groups is 2. The zero-order chi connectivity index (χ0) is 38.6. The maximum Gasteiger partial charge on any atom is 0.416 e. The van der Waals surface area contributed by atoms with Crippen molar-refractivity contribution < 1.29 is 31.8 Å². The fourth-order valence-corrected chi connectivity index (χ4v) is 6.62. The fourth-order valence-electron chi connectivity index (χ4n) is 5.29. The maximum absolute atomic E-state index is 13.3. The minimum atomic E-state index is -4.53. The van der Waals surface area contributed by atoms with Crippen molar-refractivity contribution in [2.75, 3.05) is 0 Å². The highest BCUT2D eigenvalue weighted by Crippen LogP contribution is 2.34. The predicted octanol–water partition coefficient (Wildman–Crippen LogP) is 9.86. The van der Waals surface area contributed by atoms with E-state index in [1.54, 1.807) is 48.5 Å². The Kier molecular flexibility index (Phi) is 11.0. The second-order valence-corrected chi connectivity index (χ2v) is 13.8. The van der Waals surface area contributed by atoms with Crippen LogP contribution in [0.5, 0.6) is 0 Å². The molecule has 5 N–H and O–H groups in total. The predicted molar refractivity (Wildman–Crippen MR) is 203 cm³/mol. The van der Waals surface area contributed by atoms with Crippen molar-refractivity contribution in [2.45, 2.75) is 12.4 Å². The van der Waals surface area contributed by atoms with Gasteiger partial charge in [-0.2, -0.15) is 26.3 Å². The smallest absolute Gasteiger partial charge is 0.293 e. The molecule has 0 radical (unpaired) electrons. The summed E-state index contributed by atoms with van der Waals surface area (Å²) in [4.78, 5) is 8.87. The van der Waals surface area contributed by atoms with Crippen LogP contribution in [0.25, 0.3) is 33.6 Å². The Hall–Kier alpha value is -5.86. The van der Waals surface area contributed by atoms with Gasteiger partial charge in [-0.3, -0.25) is 16.2 Å². The molecule has 54 heavy (non-hydrogen) atoms. The molecule has 0 unspecified atom stereocenters. The third-order valence-corrected chi connectivity index (χ3v) is 9.66. The van der Waals surface area contributed by atoms with E-state index in [4.69, 9.17) is 21.6 Å². The highest BCUT2D eigenvalue weighted by molar-refractivity contribution is 8.27. The molecule has 0 aliphatic rings. The van der Waals surface area contributed by atoms with Crippen molar-refractivity contribution in [1.82, 2.24) is 9.97 Å². The molecular formula is C40H27F6N6S2+. The lowest BCUT2D eigenvalue weighted by Gasteiger charge is -2.12. The molecule has 2 heterocycles. The average Bonchev–Trinajstić information content (AvgIpc) is 3.17. The second kappa shape index (κ2) is 15.6. The molecule has 6 aromatic rings. The van der Waals surface area contributed by atoms with E-state index in [1.165, 1.54) is 30.3 Å². The summed E-state index contributed by atoms with van der Waals surface area (Å²) in [6.07, 6.45) is -9.06. The number of benzene rings is 4. The number of hydrogen-bond acceptors (Lipinski definition) is 7. The van der Waals surface area contributed by atoms with Gasteiger partial charge in [0.1, 0.15) is 20.8 Å². The van der Waals surface area contributed by atoms with Crippen LogP contribution < -0.4 is 5.41 Å². The quantitative estimate of drug-likeness (QED) is 0.0734. The Labute approximate surface area is 313 Å². The highest BCUT2D eigenvalue weighted by Gasteiger charge is 2.31. The fraction of sp³-hybridized carbons (Fsp3) is 0.0500. The van der Waals surface area contributed by atoms with Gasteiger partial charge in [0, 0.05) is 34.0 Å². The molecule has 6 rings (SSSR count). The van der Waals surface area contributed by atoms with Crippen LogP contribution in [0.3, 0.4) is 0 Å². The van der Waals surface area contributed by atoms with E-state index in [0.29, 0.717) is 16.7 Å². The Morgan fingerprint density at radius 1 is 0.463 bits per heavy atom. The van der Waals surface area contributed by atoms with Crippen LogP contribution >= 0.6 is 23.5 Å². The molecule has 0 bridgehead atoms. The maximum atomic E-state index is 13.3. The van der Waals surface area contributed by atoms with Gasteiger partial charge in [0.2, 0.25) is 0 Å². The zero-order valence-electron chi connectivity index (χ0n) is 27.8. The number of nitrogens with one attached hydrogen (secondary N) is 3. The molecule has 0 saturated heterocycles. The summed E-state index contributed by atoms with van der Waals surface area (Å²) in [5, 5.41) is 33.0. The van der Waals surface area contributed by atoms with Gasteiger partial charge in [-0.05, 0) is 89.6 Å². The first-order valence-corrected chi connectivity index (χ1v) is 17.5. The second-order valence-electron chi connectivity index (χ2n) is 11.7. The van der Waals surface area contributed by atoms with Gasteiger partial charge < -0.3 is 0 Å². The Balaban J connectivity index is 1.24. The molecule has 6 nitrogen and oxygen atoms in total. The van der Waals surface area contributed by atoms with Crippen LogP contribution in [0.4, 0.5) is 26.3 Å². The number of alkyl halides is 6. The summed E-state index contributed by atoms with van der Waals surface area (Å²) < 4.78 is 80.0. The molecule has 14 heteroatoms. The summed E-state index contributed by atoms with van der Waals surface area (Å²) >= 11 is 1.68. The first-order chi connectivity index (χ1) is 25.7. The highest BCUT2D eigenvalue weighted by atomic mass is 32.2. The summed E-state index contributed by atoms with van der Waals surface area (Å²) in [6.45, 7) is 0. The third kappa shape index (κ3) is 9.01. The molecule has 0 saturated carbocycles. The number of nitrogens with two attached hydrogens (primary N) is 1. The number of rotatable bonds is 7. The van der Waals surface area contributed by atoms with Gasteiger partial charge in [0.25, 0.3) is 5.04 Å². The number of nitrogens with zero attached hydrogens (tertiary/aromatic N) is 2. The molecule has 0 spiro atoms. The summed E-state index contributed by atoms with van der Waals surface area (Å²) in [7, 11) is 0. The standard InChI is InChI=1S/C40H26F6N6S2/c41-39(42,43)29-12-4-10-24(21-29)31-14-6-16-33(51-31)37(49)53-35(47)27-18-26(23-8-2-1-3-9-23)19-28(20-27)36(48)54-38(50)34-17-7-15-32(52-34)25-11-5-13-30(22-25)40(44,45)46/h1-22,47-50H/p+1.